The number of H-pyrrole nitrogens is 1. The highest BCUT2D eigenvalue weighted by atomic mass is 32.1. The molecule has 0 atom stereocenters. The maximum Gasteiger partial charge on any atom is 0.184 e. The van der Waals surface area contributed by atoms with Crippen LogP contribution in [0.3, 0.4) is 0 Å². The molecular weight excluding hydrogens is 251 g/mol. The van der Waals surface area contributed by atoms with Gasteiger partial charge in [0.05, 0.1) is 11.4 Å². The van der Waals surface area contributed by atoms with Crippen molar-refractivity contribution in [2.24, 2.45) is 7.05 Å². The molecule has 4 nitrogen and oxygen atoms in total. The minimum Gasteiger partial charge on any atom is -0.327 e. The molecule has 0 spiro atoms. The maximum atomic E-state index is 13.3. The van der Waals surface area contributed by atoms with Crippen molar-refractivity contribution in [3.05, 3.63) is 40.5 Å². The van der Waals surface area contributed by atoms with Gasteiger partial charge in [0, 0.05) is 7.05 Å². The zero-order valence-electron chi connectivity index (χ0n) is 9.94. The minimum atomic E-state index is -0.289. The zero-order chi connectivity index (χ0) is 12.9. The number of nitrogens with one attached hydrogen (secondary N) is 1. The molecule has 92 valence electrons. The van der Waals surface area contributed by atoms with E-state index in [0.29, 0.717) is 10.5 Å². The van der Waals surface area contributed by atoms with Gasteiger partial charge in [0.1, 0.15) is 11.3 Å². The molecule has 18 heavy (non-hydrogen) atoms. The molecule has 2 heterocycles. The van der Waals surface area contributed by atoms with Gasteiger partial charge in [-0.05, 0) is 37.3 Å². The number of fused-ring (bicyclic) bond motifs is 1. The van der Waals surface area contributed by atoms with Crippen LogP contribution in [-0.2, 0) is 7.05 Å². The summed E-state index contributed by atoms with van der Waals surface area (Å²) in [7, 11) is 1.84. The Labute approximate surface area is 108 Å². The number of benzene rings is 1. The number of imidazole rings is 1. The number of hydrogen-bond acceptors (Lipinski definition) is 2. The summed E-state index contributed by atoms with van der Waals surface area (Å²) in [4.78, 5) is 3.11. The van der Waals surface area contributed by atoms with Crippen molar-refractivity contribution in [2.45, 2.75) is 6.92 Å². The van der Waals surface area contributed by atoms with Gasteiger partial charge in [-0.1, -0.05) is 6.07 Å². The van der Waals surface area contributed by atoms with E-state index in [0.717, 1.165) is 16.9 Å². The zero-order valence-corrected chi connectivity index (χ0v) is 10.8. The Hall–Kier alpha value is -1.95. The number of halogens is 1. The Morgan fingerprint density at radius 3 is 2.89 bits per heavy atom. The van der Waals surface area contributed by atoms with Gasteiger partial charge in [0.15, 0.2) is 10.4 Å². The maximum absolute atomic E-state index is 13.3. The van der Waals surface area contributed by atoms with Crippen LogP contribution in [0.15, 0.2) is 24.3 Å². The van der Waals surface area contributed by atoms with E-state index in [1.807, 2.05) is 20.0 Å². The first kappa shape index (κ1) is 11.2. The fraction of sp³-hybridized carbons (Fsp3) is 0.167. The minimum absolute atomic E-state index is 0.289. The average molecular weight is 262 g/mol. The molecule has 0 aliphatic heterocycles. The molecule has 0 fully saturated rings. The van der Waals surface area contributed by atoms with Crippen LogP contribution in [0.25, 0.3) is 16.9 Å². The molecular formula is C12H11FN4S. The number of rotatable bonds is 1. The largest absolute Gasteiger partial charge is 0.327 e. The molecule has 2 aromatic heterocycles. The fourth-order valence-corrected chi connectivity index (χ4v) is 2.46. The SMILES string of the molecule is Cc1nn(C)c2c1[nH]c(=S)n2-c1cccc(F)c1. The van der Waals surface area contributed by atoms with Gasteiger partial charge in [-0.3, -0.25) is 4.57 Å². The van der Waals surface area contributed by atoms with Gasteiger partial charge in [-0.15, -0.1) is 0 Å². The molecule has 1 aromatic carbocycles. The molecule has 0 bridgehead atoms. The average Bonchev–Trinajstić information content (AvgIpc) is 2.78. The first-order chi connectivity index (χ1) is 8.58. The van der Waals surface area contributed by atoms with Gasteiger partial charge < -0.3 is 4.98 Å². The predicted octanol–water partition coefficient (Wildman–Crippen LogP) is 2.87. The van der Waals surface area contributed by atoms with Gasteiger partial charge in [-0.2, -0.15) is 5.10 Å². The number of aryl methyl sites for hydroxylation is 2. The van der Waals surface area contributed by atoms with Crippen LogP contribution in [0.1, 0.15) is 5.69 Å². The van der Waals surface area contributed by atoms with E-state index in [-0.39, 0.29) is 5.82 Å². The molecule has 0 amide bonds. The summed E-state index contributed by atoms with van der Waals surface area (Å²) in [5, 5.41) is 4.32. The van der Waals surface area contributed by atoms with Crippen LogP contribution in [0.4, 0.5) is 4.39 Å². The summed E-state index contributed by atoms with van der Waals surface area (Å²) in [6.45, 7) is 1.91. The second-order valence-corrected chi connectivity index (χ2v) is 4.54. The van der Waals surface area contributed by atoms with E-state index in [2.05, 4.69) is 10.1 Å². The first-order valence-corrected chi connectivity index (χ1v) is 5.89. The van der Waals surface area contributed by atoms with Gasteiger partial charge in [0.25, 0.3) is 0 Å². The molecule has 6 heteroatoms. The Bertz CT molecular complexity index is 796. The standard InChI is InChI=1S/C12H11FN4S/c1-7-10-11(16(2)15-7)17(12(18)14-10)9-5-3-4-8(13)6-9/h3-6H,1-2H3,(H,14,18). The van der Waals surface area contributed by atoms with E-state index in [1.165, 1.54) is 12.1 Å². The first-order valence-electron chi connectivity index (χ1n) is 5.48. The highest BCUT2D eigenvalue weighted by Crippen LogP contribution is 2.21. The van der Waals surface area contributed by atoms with E-state index in [4.69, 9.17) is 12.2 Å². The molecule has 0 saturated carbocycles. The van der Waals surface area contributed by atoms with Crippen LogP contribution in [0, 0.1) is 17.5 Å². The highest BCUT2D eigenvalue weighted by Gasteiger charge is 2.13. The lowest BCUT2D eigenvalue weighted by atomic mass is 10.3. The molecule has 1 N–H and O–H groups in total. The van der Waals surface area contributed by atoms with Gasteiger partial charge in [0.2, 0.25) is 0 Å². The lowest BCUT2D eigenvalue weighted by Gasteiger charge is -2.04. The van der Waals surface area contributed by atoms with E-state index in [1.54, 1.807) is 15.3 Å². The second kappa shape index (κ2) is 3.78. The smallest absolute Gasteiger partial charge is 0.184 e. The molecule has 0 unspecified atom stereocenters. The van der Waals surface area contributed by atoms with E-state index in [9.17, 15) is 4.39 Å². The molecule has 3 rings (SSSR count). The Morgan fingerprint density at radius 2 is 2.17 bits per heavy atom. The Morgan fingerprint density at radius 1 is 1.39 bits per heavy atom. The topological polar surface area (TPSA) is 38.5 Å². The molecule has 0 saturated heterocycles. The van der Waals surface area contributed by atoms with Crippen LogP contribution >= 0.6 is 12.2 Å². The van der Waals surface area contributed by atoms with Crippen molar-refractivity contribution in [2.75, 3.05) is 0 Å². The van der Waals surface area contributed by atoms with Crippen LogP contribution in [0.2, 0.25) is 0 Å². The van der Waals surface area contributed by atoms with Crippen LogP contribution in [0.5, 0.6) is 0 Å². The van der Waals surface area contributed by atoms with Crippen molar-refractivity contribution in [1.29, 1.82) is 0 Å². The number of aromatic amines is 1. The van der Waals surface area contributed by atoms with Crippen molar-refractivity contribution in [3.63, 3.8) is 0 Å². The predicted molar refractivity (Wildman–Crippen MR) is 69.9 cm³/mol. The molecule has 3 aromatic rings. The number of nitrogens with zero attached hydrogens (tertiary/aromatic N) is 3. The fourth-order valence-electron chi connectivity index (χ4n) is 2.16. The summed E-state index contributed by atoms with van der Waals surface area (Å²) in [5.74, 6) is -0.289. The molecule has 0 aliphatic carbocycles. The van der Waals surface area contributed by atoms with Crippen molar-refractivity contribution in [3.8, 4) is 5.69 Å². The third kappa shape index (κ3) is 1.49. The summed E-state index contributed by atoms with van der Waals surface area (Å²) in [6.07, 6.45) is 0. The number of aromatic nitrogens is 4. The molecule has 0 aliphatic rings. The number of hydrogen-bond donors (Lipinski definition) is 1. The molecule has 0 radical (unpaired) electrons. The summed E-state index contributed by atoms with van der Waals surface area (Å²) in [5.41, 5.74) is 3.28. The summed E-state index contributed by atoms with van der Waals surface area (Å²) < 4.78 is 17.4. The lowest BCUT2D eigenvalue weighted by molar-refractivity contribution is 0.626. The quantitative estimate of drug-likeness (QED) is 0.685. The Kier molecular flexibility index (Phi) is 2.34. The van der Waals surface area contributed by atoms with Gasteiger partial charge in [-0.25, -0.2) is 9.07 Å². The monoisotopic (exact) mass is 262 g/mol. The van der Waals surface area contributed by atoms with Crippen molar-refractivity contribution < 1.29 is 4.39 Å². The second-order valence-electron chi connectivity index (χ2n) is 4.15. The Balaban J connectivity index is 2.42. The van der Waals surface area contributed by atoms with Crippen molar-refractivity contribution >= 4 is 23.4 Å². The summed E-state index contributed by atoms with van der Waals surface area (Å²) >= 11 is 5.30. The highest BCUT2D eigenvalue weighted by molar-refractivity contribution is 7.71. The lowest BCUT2D eigenvalue weighted by Crippen LogP contribution is -2.01. The third-order valence-electron chi connectivity index (χ3n) is 2.91. The normalized spacial score (nSPS) is 11.3. The summed E-state index contributed by atoms with van der Waals surface area (Å²) in [6, 6.07) is 6.33. The third-order valence-corrected chi connectivity index (χ3v) is 3.19. The van der Waals surface area contributed by atoms with Gasteiger partial charge >= 0.3 is 0 Å². The van der Waals surface area contributed by atoms with E-state index < -0.39 is 0 Å². The van der Waals surface area contributed by atoms with Crippen LogP contribution in [-0.4, -0.2) is 19.3 Å². The van der Waals surface area contributed by atoms with Crippen LogP contribution < -0.4 is 0 Å². The van der Waals surface area contributed by atoms with E-state index >= 15 is 0 Å². The van der Waals surface area contributed by atoms with Crippen molar-refractivity contribution in [1.82, 2.24) is 19.3 Å².